The molecular weight excluding hydrogens is 279 g/mol. The van der Waals surface area contributed by atoms with Crippen LogP contribution < -0.4 is 10.6 Å². The molecule has 19 heavy (non-hydrogen) atoms. The number of thiazole rings is 1. The van der Waals surface area contributed by atoms with E-state index in [0.29, 0.717) is 13.0 Å². The molecule has 2 N–H and O–H groups in total. The molecule has 1 aromatic rings. The molecule has 0 aliphatic carbocycles. The van der Waals surface area contributed by atoms with Crippen LogP contribution in [0.25, 0.3) is 0 Å². The minimum absolute atomic E-state index is 0.204. The highest BCUT2D eigenvalue weighted by Gasteiger charge is 2.34. The zero-order valence-electron chi connectivity index (χ0n) is 10.7. The average molecular weight is 295 g/mol. The first kappa shape index (κ1) is 15.9. The van der Waals surface area contributed by atoms with Crippen molar-refractivity contribution in [1.82, 2.24) is 15.6 Å². The maximum Gasteiger partial charge on any atom is 0.434 e. The van der Waals surface area contributed by atoms with Crippen LogP contribution in [0, 0.1) is 0 Å². The smallest absolute Gasteiger partial charge is 0.347 e. The molecule has 0 aliphatic heterocycles. The Hall–Kier alpha value is -1.15. The molecule has 1 heterocycles. The molecule has 0 aromatic carbocycles. The lowest BCUT2D eigenvalue weighted by Gasteiger charge is -2.14. The standard InChI is InChI=1S/C11H16F3N3OS/c1-3-7(16-9(18)4-5-15-2)10-17-8(6-19-10)11(12,13)14/h6-7,15H,3-5H2,1-2H3,(H,16,18). The lowest BCUT2D eigenvalue weighted by Crippen LogP contribution is -2.30. The van der Waals surface area contributed by atoms with Gasteiger partial charge in [0.1, 0.15) is 5.01 Å². The van der Waals surface area contributed by atoms with E-state index in [-0.39, 0.29) is 17.3 Å². The van der Waals surface area contributed by atoms with E-state index in [4.69, 9.17) is 0 Å². The second kappa shape index (κ2) is 6.85. The fourth-order valence-corrected chi connectivity index (χ4v) is 2.38. The van der Waals surface area contributed by atoms with Gasteiger partial charge in [0.25, 0.3) is 0 Å². The Balaban J connectivity index is 2.69. The van der Waals surface area contributed by atoms with Crippen LogP contribution >= 0.6 is 11.3 Å². The summed E-state index contributed by atoms with van der Waals surface area (Å²) in [5.41, 5.74) is -0.907. The number of rotatable bonds is 6. The predicted molar refractivity (Wildman–Crippen MR) is 66.8 cm³/mol. The number of hydrogen-bond acceptors (Lipinski definition) is 4. The first-order valence-corrected chi connectivity index (χ1v) is 6.73. The van der Waals surface area contributed by atoms with Gasteiger partial charge in [0, 0.05) is 18.3 Å². The zero-order chi connectivity index (χ0) is 14.5. The second-order valence-corrected chi connectivity index (χ2v) is 4.84. The van der Waals surface area contributed by atoms with Crippen LogP contribution in [0.1, 0.15) is 36.5 Å². The third-order valence-corrected chi connectivity index (χ3v) is 3.41. The van der Waals surface area contributed by atoms with Gasteiger partial charge in [-0.05, 0) is 13.5 Å². The first-order valence-electron chi connectivity index (χ1n) is 5.85. The van der Waals surface area contributed by atoms with Crippen molar-refractivity contribution in [3.05, 3.63) is 16.1 Å². The summed E-state index contributed by atoms with van der Waals surface area (Å²) in [6, 6.07) is -0.467. The SMILES string of the molecule is CCC(NC(=O)CCNC)c1nc(C(F)(F)F)cs1. The zero-order valence-corrected chi connectivity index (χ0v) is 11.5. The summed E-state index contributed by atoms with van der Waals surface area (Å²) < 4.78 is 37.3. The highest BCUT2D eigenvalue weighted by molar-refractivity contribution is 7.09. The molecule has 1 atom stereocenters. The number of nitrogens with zero attached hydrogens (tertiary/aromatic N) is 1. The Labute approximate surface area is 113 Å². The van der Waals surface area contributed by atoms with Crippen LogP contribution in [0.2, 0.25) is 0 Å². The van der Waals surface area contributed by atoms with Crippen molar-refractivity contribution < 1.29 is 18.0 Å². The monoisotopic (exact) mass is 295 g/mol. The normalized spacial score (nSPS) is 13.3. The number of carbonyl (C=O) groups is 1. The van der Waals surface area contributed by atoms with E-state index >= 15 is 0 Å². The van der Waals surface area contributed by atoms with Crippen molar-refractivity contribution in [3.63, 3.8) is 0 Å². The quantitative estimate of drug-likeness (QED) is 0.847. The van der Waals surface area contributed by atoms with Crippen molar-refractivity contribution in [2.45, 2.75) is 32.0 Å². The number of alkyl halides is 3. The molecule has 0 spiro atoms. The summed E-state index contributed by atoms with van der Waals surface area (Å²) in [7, 11) is 1.72. The highest BCUT2D eigenvalue weighted by Crippen LogP contribution is 2.32. The van der Waals surface area contributed by atoms with Gasteiger partial charge in [-0.3, -0.25) is 4.79 Å². The van der Waals surface area contributed by atoms with E-state index in [1.54, 1.807) is 14.0 Å². The molecular formula is C11H16F3N3OS. The maximum atomic E-state index is 12.4. The minimum Gasteiger partial charge on any atom is -0.347 e. The van der Waals surface area contributed by atoms with E-state index in [0.717, 1.165) is 16.7 Å². The number of halogens is 3. The molecule has 0 aliphatic rings. The van der Waals surface area contributed by atoms with Gasteiger partial charge in [0.2, 0.25) is 5.91 Å². The van der Waals surface area contributed by atoms with E-state index in [9.17, 15) is 18.0 Å². The summed E-state index contributed by atoms with van der Waals surface area (Å²) >= 11 is 0.913. The summed E-state index contributed by atoms with van der Waals surface area (Å²) in [4.78, 5) is 15.1. The fraction of sp³-hybridized carbons (Fsp3) is 0.636. The first-order chi connectivity index (χ1) is 8.88. The number of hydrogen-bond donors (Lipinski definition) is 2. The largest absolute Gasteiger partial charge is 0.434 e. The second-order valence-electron chi connectivity index (χ2n) is 3.95. The third-order valence-electron chi connectivity index (χ3n) is 2.46. The molecule has 0 saturated heterocycles. The van der Waals surface area contributed by atoms with E-state index in [1.807, 2.05) is 0 Å². The summed E-state index contributed by atoms with van der Waals surface area (Å²) in [5, 5.41) is 6.77. The number of carbonyl (C=O) groups excluding carboxylic acids is 1. The van der Waals surface area contributed by atoms with E-state index < -0.39 is 17.9 Å². The Morgan fingerprint density at radius 1 is 1.53 bits per heavy atom. The van der Waals surface area contributed by atoms with Gasteiger partial charge in [-0.25, -0.2) is 4.98 Å². The van der Waals surface area contributed by atoms with Gasteiger partial charge in [0.15, 0.2) is 5.69 Å². The summed E-state index contributed by atoms with van der Waals surface area (Å²) in [6.45, 7) is 2.31. The van der Waals surface area contributed by atoms with Crippen LogP contribution in [0.3, 0.4) is 0 Å². The molecule has 1 unspecified atom stereocenters. The van der Waals surface area contributed by atoms with Crippen LogP contribution in [0.5, 0.6) is 0 Å². The highest BCUT2D eigenvalue weighted by atomic mass is 32.1. The Bertz CT molecular complexity index is 420. The molecule has 8 heteroatoms. The lowest BCUT2D eigenvalue weighted by molar-refractivity contribution is -0.140. The molecule has 1 aromatic heterocycles. The van der Waals surface area contributed by atoms with Crippen molar-refractivity contribution >= 4 is 17.2 Å². The molecule has 0 radical (unpaired) electrons. The van der Waals surface area contributed by atoms with Crippen molar-refractivity contribution in [3.8, 4) is 0 Å². The van der Waals surface area contributed by atoms with Crippen LogP contribution in [0.4, 0.5) is 13.2 Å². The topological polar surface area (TPSA) is 54.0 Å². The molecule has 1 rings (SSSR count). The van der Waals surface area contributed by atoms with Gasteiger partial charge in [-0.1, -0.05) is 6.92 Å². The minimum atomic E-state index is -4.44. The van der Waals surface area contributed by atoms with Crippen LogP contribution in [-0.2, 0) is 11.0 Å². The number of aromatic nitrogens is 1. The number of amides is 1. The molecule has 4 nitrogen and oxygen atoms in total. The molecule has 108 valence electrons. The van der Waals surface area contributed by atoms with Crippen molar-refractivity contribution in [2.24, 2.45) is 0 Å². The molecule has 0 bridgehead atoms. The van der Waals surface area contributed by atoms with Crippen LogP contribution in [0.15, 0.2) is 5.38 Å². The van der Waals surface area contributed by atoms with Gasteiger partial charge < -0.3 is 10.6 Å². The Morgan fingerprint density at radius 3 is 2.68 bits per heavy atom. The predicted octanol–water partition coefficient (Wildman–Crippen LogP) is 2.34. The number of nitrogens with one attached hydrogen (secondary N) is 2. The van der Waals surface area contributed by atoms with E-state index in [2.05, 4.69) is 15.6 Å². The fourth-order valence-electron chi connectivity index (χ4n) is 1.42. The summed E-state index contributed by atoms with van der Waals surface area (Å²) in [6.07, 6.45) is -3.66. The third kappa shape index (κ3) is 4.79. The Kier molecular flexibility index (Phi) is 5.74. The molecule has 0 saturated carbocycles. The van der Waals surface area contributed by atoms with Gasteiger partial charge in [0.05, 0.1) is 6.04 Å². The maximum absolute atomic E-state index is 12.4. The average Bonchev–Trinajstić information content (AvgIpc) is 2.82. The van der Waals surface area contributed by atoms with Gasteiger partial charge in [-0.15, -0.1) is 11.3 Å². The lowest BCUT2D eigenvalue weighted by atomic mass is 10.2. The van der Waals surface area contributed by atoms with Gasteiger partial charge in [-0.2, -0.15) is 13.2 Å². The molecule has 1 amide bonds. The van der Waals surface area contributed by atoms with Gasteiger partial charge >= 0.3 is 6.18 Å². The van der Waals surface area contributed by atoms with Crippen molar-refractivity contribution in [1.29, 1.82) is 0 Å². The van der Waals surface area contributed by atoms with Crippen molar-refractivity contribution in [2.75, 3.05) is 13.6 Å². The Morgan fingerprint density at radius 2 is 2.21 bits per heavy atom. The van der Waals surface area contributed by atoms with E-state index in [1.165, 1.54) is 0 Å². The summed E-state index contributed by atoms with van der Waals surface area (Å²) in [5.74, 6) is -0.204. The molecule has 0 fully saturated rings. The van der Waals surface area contributed by atoms with Crippen LogP contribution in [-0.4, -0.2) is 24.5 Å².